The molecule has 0 amide bonds. The van der Waals surface area contributed by atoms with Crippen LogP contribution >= 0.6 is 24.4 Å². The Morgan fingerprint density at radius 2 is 0.953 bits per heavy atom. The molecule has 0 aromatic heterocycles. The third kappa shape index (κ3) is 22.8. The van der Waals surface area contributed by atoms with Gasteiger partial charge in [0.15, 0.2) is 16.2 Å². The summed E-state index contributed by atoms with van der Waals surface area (Å²) in [5.74, 6) is 0. The van der Waals surface area contributed by atoms with E-state index >= 15 is 0 Å². The predicted octanol–water partition coefficient (Wildman–Crippen LogP) is 10.3. The Kier molecular flexibility index (Phi) is 27.5. The number of ether oxygens (including phenoxy) is 3. The number of hydrogen-bond acceptors (Lipinski definition) is 7. The summed E-state index contributed by atoms with van der Waals surface area (Å²) in [7, 11) is 0. The molecule has 0 unspecified atom stereocenters. The van der Waals surface area contributed by atoms with E-state index in [0.29, 0.717) is 16.5 Å². The lowest BCUT2D eigenvalue weighted by Crippen LogP contribution is -2.56. The van der Waals surface area contributed by atoms with Crippen LogP contribution in [-0.4, -0.2) is 57.9 Å². The largest absolute Gasteiger partial charge is 0.484 e. The summed E-state index contributed by atoms with van der Waals surface area (Å²) in [6, 6.07) is 0. The van der Waals surface area contributed by atoms with Crippen LogP contribution in [0.2, 0.25) is 0 Å². The van der Waals surface area contributed by atoms with Crippen LogP contribution in [0, 0.1) is 0 Å². The minimum Gasteiger partial charge on any atom is -0.484 e. The topological polar surface area (TPSA) is 68.2 Å². The van der Waals surface area contributed by atoms with Gasteiger partial charge in [0, 0.05) is 12.8 Å². The van der Waals surface area contributed by atoms with Gasteiger partial charge in [0.1, 0.15) is 24.9 Å². The van der Waals surface area contributed by atoms with Gasteiger partial charge in [-0.2, -0.15) is 0 Å². The van der Waals surface area contributed by atoms with Crippen molar-refractivity contribution in [2.75, 3.05) is 13.2 Å². The minimum absolute atomic E-state index is 0.0477. The van der Waals surface area contributed by atoms with E-state index in [9.17, 15) is 10.2 Å². The fraction of sp³-hybridized carbons (Fsp3) is 0.944. The van der Waals surface area contributed by atoms with Gasteiger partial charge in [-0.1, -0.05) is 155 Å². The third-order valence-corrected chi connectivity index (χ3v) is 9.35. The highest BCUT2D eigenvalue weighted by molar-refractivity contribution is 7.80. The van der Waals surface area contributed by atoms with Crippen LogP contribution < -0.4 is 0 Å². The lowest BCUT2D eigenvalue weighted by Gasteiger charge is -2.38. The fourth-order valence-corrected chi connectivity index (χ4v) is 6.29. The van der Waals surface area contributed by atoms with Crippen LogP contribution in [0.1, 0.15) is 181 Å². The molecular formula is C36H68O5S2. The summed E-state index contributed by atoms with van der Waals surface area (Å²) in [5.41, 5.74) is 0. The molecule has 1 aliphatic rings. The summed E-state index contributed by atoms with van der Waals surface area (Å²) in [5, 5.41) is 21.8. The zero-order valence-electron chi connectivity index (χ0n) is 28.0. The van der Waals surface area contributed by atoms with Crippen LogP contribution in [0.5, 0.6) is 0 Å². The highest BCUT2D eigenvalue weighted by Crippen LogP contribution is 2.22. The Morgan fingerprint density at radius 3 is 1.37 bits per heavy atom. The average Bonchev–Trinajstić information content (AvgIpc) is 3.00. The van der Waals surface area contributed by atoms with Gasteiger partial charge in [-0.3, -0.25) is 0 Å². The summed E-state index contributed by atoms with van der Waals surface area (Å²) >= 11 is 11.0. The second kappa shape index (κ2) is 29.1. The van der Waals surface area contributed by atoms with Crippen molar-refractivity contribution in [1.82, 2.24) is 0 Å². The lowest BCUT2D eigenvalue weighted by atomic mass is 10.00. The highest BCUT2D eigenvalue weighted by atomic mass is 32.1. The maximum Gasteiger partial charge on any atom is 0.160 e. The molecule has 1 heterocycles. The summed E-state index contributed by atoms with van der Waals surface area (Å²) in [4.78, 5) is 0. The molecule has 0 radical (unpaired) electrons. The molecule has 5 nitrogen and oxygen atoms in total. The molecule has 0 aliphatic carbocycles. The molecule has 254 valence electrons. The molecule has 1 rings (SSSR count). The van der Waals surface area contributed by atoms with Crippen LogP contribution in [0.15, 0.2) is 0 Å². The smallest absolute Gasteiger partial charge is 0.160 e. The van der Waals surface area contributed by atoms with E-state index in [-0.39, 0.29) is 13.2 Å². The molecule has 1 fully saturated rings. The molecule has 0 spiro atoms. The molecule has 0 aromatic rings. The molecule has 1 aliphatic heterocycles. The van der Waals surface area contributed by atoms with Crippen molar-refractivity contribution in [3.63, 3.8) is 0 Å². The molecule has 4 atom stereocenters. The monoisotopic (exact) mass is 644 g/mol. The molecule has 7 heteroatoms. The number of rotatable bonds is 29. The van der Waals surface area contributed by atoms with Crippen molar-refractivity contribution in [3.8, 4) is 0 Å². The maximum absolute atomic E-state index is 10.6. The fourth-order valence-electron chi connectivity index (χ4n) is 5.82. The van der Waals surface area contributed by atoms with Gasteiger partial charge in [-0.25, -0.2) is 0 Å². The molecule has 1 saturated heterocycles. The summed E-state index contributed by atoms with van der Waals surface area (Å²) < 4.78 is 17.6. The van der Waals surface area contributed by atoms with Crippen LogP contribution in [-0.2, 0) is 14.2 Å². The van der Waals surface area contributed by atoms with E-state index in [1.165, 1.54) is 135 Å². The highest BCUT2D eigenvalue weighted by Gasteiger charge is 2.41. The Labute approximate surface area is 276 Å². The van der Waals surface area contributed by atoms with Gasteiger partial charge < -0.3 is 24.4 Å². The average molecular weight is 645 g/mol. The summed E-state index contributed by atoms with van der Waals surface area (Å²) in [6.07, 6.45) is 29.3. The van der Waals surface area contributed by atoms with Gasteiger partial charge in [0.25, 0.3) is 0 Å². The zero-order chi connectivity index (χ0) is 31.4. The van der Waals surface area contributed by atoms with Gasteiger partial charge in [-0.15, -0.1) is 0 Å². The number of thiocarbonyl (C=S) groups is 2. The predicted molar refractivity (Wildman–Crippen MR) is 189 cm³/mol. The first-order valence-electron chi connectivity index (χ1n) is 18.3. The van der Waals surface area contributed by atoms with Gasteiger partial charge >= 0.3 is 0 Å². The number of aliphatic hydroxyl groups excluding tert-OH is 2. The van der Waals surface area contributed by atoms with Crippen molar-refractivity contribution in [2.45, 2.75) is 205 Å². The first-order valence-corrected chi connectivity index (χ1v) is 19.1. The van der Waals surface area contributed by atoms with Crippen LogP contribution in [0.25, 0.3) is 0 Å². The Balaban J connectivity index is 2.13. The normalized spacial score (nSPS) is 20.3. The van der Waals surface area contributed by atoms with Crippen LogP contribution in [0.3, 0.4) is 0 Å². The Bertz CT molecular complexity index is 662. The lowest BCUT2D eigenvalue weighted by molar-refractivity contribution is -0.189. The van der Waals surface area contributed by atoms with Crippen molar-refractivity contribution in [3.05, 3.63) is 0 Å². The SMILES string of the molecule is CCCCCCCCCCCCCCC(=S)OC[C@H]1OC[C@H](O)[C@@H](O)[C@@H]1OC(=S)CCCCCCCCCCCCCC. The van der Waals surface area contributed by atoms with E-state index in [2.05, 4.69) is 13.8 Å². The molecule has 2 N–H and O–H groups in total. The van der Waals surface area contributed by atoms with E-state index in [0.717, 1.165) is 25.7 Å². The zero-order valence-corrected chi connectivity index (χ0v) is 29.7. The number of aliphatic hydroxyl groups is 2. The van der Waals surface area contributed by atoms with E-state index in [1.54, 1.807) is 0 Å². The second-order valence-electron chi connectivity index (χ2n) is 12.8. The van der Waals surface area contributed by atoms with Gasteiger partial charge in [-0.05, 0) is 37.3 Å². The van der Waals surface area contributed by atoms with Crippen molar-refractivity contribution < 1.29 is 24.4 Å². The number of hydrogen-bond donors (Lipinski definition) is 2. The third-order valence-electron chi connectivity index (χ3n) is 8.72. The van der Waals surface area contributed by atoms with Crippen molar-refractivity contribution in [1.29, 1.82) is 0 Å². The maximum atomic E-state index is 10.6. The van der Waals surface area contributed by atoms with Crippen molar-refractivity contribution >= 4 is 34.5 Å². The molecule has 0 saturated carbocycles. The quantitative estimate of drug-likeness (QED) is 0.0620. The Morgan fingerprint density at radius 1 is 0.581 bits per heavy atom. The standard InChI is InChI=1S/C36H68O5S2/c1-3-5-7-9-11-13-15-17-19-21-23-25-27-33(42)40-30-32-36(35(38)31(37)29-39-32)41-34(43)28-26-24-22-20-18-16-14-12-10-8-6-4-2/h31-32,35-38H,3-30H2,1-2H3/t31-,32+,35+,36+/m0/s1. The minimum atomic E-state index is -1.06. The first-order chi connectivity index (χ1) is 21.0. The molecule has 0 bridgehead atoms. The molecule has 0 aromatic carbocycles. The number of unbranched alkanes of at least 4 members (excludes halogenated alkanes) is 22. The Hall–Kier alpha value is -0.340. The molecule has 43 heavy (non-hydrogen) atoms. The van der Waals surface area contributed by atoms with E-state index < -0.39 is 24.4 Å². The van der Waals surface area contributed by atoms with Crippen molar-refractivity contribution in [2.24, 2.45) is 0 Å². The molecular weight excluding hydrogens is 577 g/mol. The van der Waals surface area contributed by atoms with Crippen LogP contribution in [0.4, 0.5) is 0 Å². The van der Waals surface area contributed by atoms with E-state index in [4.69, 9.17) is 38.6 Å². The first kappa shape index (κ1) is 40.7. The van der Waals surface area contributed by atoms with Gasteiger partial charge in [0.05, 0.1) is 6.61 Å². The summed E-state index contributed by atoms with van der Waals surface area (Å²) in [6.45, 7) is 4.78. The van der Waals surface area contributed by atoms with Gasteiger partial charge in [0.2, 0.25) is 0 Å². The second-order valence-corrected chi connectivity index (χ2v) is 13.8. The van der Waals surface area contributed by atoms with E-state index in [1.807, 2.05) is 0 Å².